The van der Waals surface area contributed by atoms with Crippen molar-refractivity contribution in [3.8, 4) is 0 Å². The lowest BCUT2D eigenvalue weighted by atomic mass is 9.88. The Hall–Kier alpha value is -1.01. The highest BCUT2D eigenvalue weighted by Gasteiger charge is 2.30. The summed E-state index contributed by atoms with van der Waals surface area (Å²) in [6.07, 6.45) is 2.63. The molecule has 0 aromatic heterocycles. The highest BCUT2D eigenvalue weighted by molar-refractivity contribution is 9.10. The van der Waals surface area contributed by atoms with Crippen LogP contribution in [0.5, 0.6) is 0 Å². The number of nitrogens with one attached hydrogen (secondary N) is 1. The van der Waals surface area contributed by atoms with Gasteiger partial charge in [0.25, 0.3) is 0 Å². The zero-order valence-corrected chi connectivity index (χ0v) is 15.3. The molecule has 0 spiro atoms. The number of carbonyl (C=O) groups is 2. The van der Waals surface area contributed by atoms with Crippen molar-refractivity contribution in [3.63, 3.8) is 0 Å². The van der Waals surface area contributed by atoms with Gasteiger partial charge < -0.3 is 10.4 Å². The lowest BCUT2D eigenvalue weighted by molar-refractivity contribution is -0.138. The van der Waals surface area contributed by atoms with Crippen LogP contribution in [-0.4, -0.2) is 27.8 Å². The van der Waals surface area contributed by atoms with E-state index in [0.717, 1.165) is 28.6 Å². The number of amides is 1. The minimum absolute atomic E-state index is 0.00268. The van der Waals surface area contributed by atoms with Gasteiger partial charge in [0.05, 0.1) is 0 Å². The maximum Gasteiger partial charge on any atom is 0.319 e. The first-order chi connectivity index (χ1) is 10.2. The smallest absolute Gasteiger partial charge is 0.319 e. The summed E-state index contributed by atoms with van der Waals surface area (Å²) in [4.78, 5) is 23.4. The number of rotatable bonds is 4. The molecule has 0 radical (unpaired) electrons. The summed E-state index contributed by atoms with van der Waals surface area (Å²) >= 11 is 4.90. The van der Waals surface area contributed by atoms with Gasteiger partial charge in [-0.05, 0) is 72.3 Å². The fourth-order valence-corrected chi connectivity index (χ4v) is 4.19. The second-order valence-electron chi connectivity index (χ2n) is 6.11. The Morgan fingerprint density at radius 3 is 2.64 bits per heavy atom. The van der Waals surface area contributed by atoms with Crippen LogP contribution in [0.4, 0.5) is 0 Å². The van der Waals surface area contributed by atoms with E-state index in [0.29, 0.717) is 0 Å². The number of thioether (sulfide) groups is 1. The van der Waals surface area contributed by atoms with Crippen LogP contribution >= 0.6 is 27.7 Å². The van der Waals surface area contributed by atoms with Crippen LogP contribution < -0.4 is 5.32 Å². The van der Waals surface area contributed by atoms with E-state index in [1.165, 1.54) is 22.9 Å². The van der Waals surface area contributed by atoms with Crippen molar-refractivity contribution in [1.82, 2.24) is 5.32 Å². The van der Waals surface area contributed by atoms with Crippen molar-refractivity contribution < 1.29 is 14.7 Å². The van der Waals surface area contributed by atoms with Crippen LogP contribution in [0.2, 0.25) is 0 Å². The number of carboxylic acid groups (broad SMARTS) is 1. The van der Waals surface area contributed by atoms with Gasteiger partial charge in [-0.2, -0.15) is 0 Å². The van der Waals surface area contributed by atoms with Gasteiger partial charge in [-0.1, -0.05) is 0 Å². The van der Waals surface area contributed by atoms with Gasteiger partial charge in [0.2, 0.25) is 5.91 Å². The fraction of sp³-hybridized carbons (Fsp3) is 0.500. The third kappa shape index (κ3) is 4.04. The lowest BCUT2D eigenvalue weighted by Crippen LogP contribution is -2.37. The summed E-state index contributed by atoms with van der Waals surface area (Å²) in [5.74, 6) is -0.823. The Labute approximate surface area is 143 Å². The third-order valence-corrected chi connectivity index (χ3v) is 5.93. The van der Waals surface area contributed by atoms with E-state index in [4.69, 9.17) is 0 Å². The minimum atomic E-state index is -0.871. The van der Waals surface area contributed by atoms with Gasteiger partial charge in [-0.25, -0.2) is 0 Å². The Kier molecular flexibility index (Phi) is 5.22. The average Bonchev–Trinajstić information content (AvgIpc) is 2.38. The summed E-state index contributed by atoms with van der Waals surface area (Å²) in [6, 6.07) is 4.33. The number of fused-ring (bicyclic) bond motifs is 1. The van der Waals surface area contributed by atoms with Crippen molar-refractivity contribution >= 4 is 39.6 Å². The molecule has 1 unspecified atom stereocenters. The number of carbonyl (C=O) groups excluding carboxylic acids is 1. The molecule has 1 atom stereocenters. The first kappa shape index (κ1) is 17.3. The minimum Gasteiger partial charge on any atom is -0.480 e. The van der Waals surface area contributed by atoms with Crippen molar-refractivity contribution in [2.24, 2.45) is 0 Å². The van der Waals surface area contributed by atoms with Gasteiger partial charge in [-0.15, -0.1) is 11.8 Å². The Bertz CT molecular complexity index is 616. The van der Waals surface area contributed by atoms with Crippen molar-refractivity contribution in [2.75, 3.05) is 0 Å². The van der Waals surface area contributed by atoms with Crippen LogP contribution in [0, 0.1) is 0 Å². The third-order valence-electron chi connectivity index (χ3n) is 3.77. The van der Waals surface area contributed by atoms with Crippen molar-refractivity contribution in [1.29, 1.82) is 0 Å². The first-order valence-corrected chi connectivity index (χ1v) is 8.81. The van der Waals surface area contributed by atoms with Gasteiger partial charge >= 0.3 is 5.97 Å². The first-order valence-electron chi connectivity index (χ1n) is 7.20. The van der Waals surface area contributed by atoms with E-state index in [1.807, 2.05) is 0 Å². The Morgan fingerprint density at radius 2 is 2.05 bits per heavy atom. The predicted octanol–water partition coefficient (Wildman–Crippen LogP) is 3.40. The van der Waals surface area contributed by atoms with E-state index in [-0.39, 0.29) is 11.9 Å². The number of carboxylic acids is 1. The molecule has 2 rings (SSSR count). The average molecular weight is 386 g/mol. The molecule has 1 aliphatic carbocycles. The number of hydrogen-bond acceptors (Lipinski definition) is 3. The van der Waals surface area contributed by atoms with Gasteiger partial charge in [0.15, 0.2) is 0 Å². The number of aliphatic carboxylic acids is 1. The van der Waals surface area contributed by atoms with Crippen molar-refractivity contribution in [3.05, 3.63) is 27.7 Å². The lowest BCUT2D eigenvalue weighted by Gasteiger charge is -2.27. The van der Waals surface area contributed by atoms with Gasteiger partial charge in [-0.3, -0.25) is 9.59 Å². The molecule has 0 saturated carbocycles. The van der Waals surface area contributed by atoms with E-state index in [1.54, 1.807) is 20.8 Å². The second kappa shape index (κ2) is 6.62. The molecule has 4 nitrogen and oxygen atoms in total. The van der Waals surface area contributed by atoms with Crippen LogP contribution in [0.1, 0.15) is 38.3 Å². The molecule has 0 aliphatic heterocycles. The standard InChI is InChI=1S/C16H20BrNO3S/c1-9(19)18-12-5-4-10-8-14(13(17)7-11(10)6-12)22-16(2,3)15(20)21/h7-8,12H,4-6H2,1-3H3,(H,18,19)(H,20,21). The molecule has 1 amide bonds. The van der Waals surface area contributed by atoms with E-state index < -0.39 is 10.7 Å². The fourth-order valence-electron chi connectivity index (χ4n) is 2.56. The summed E-state index contributed by atoms with van der Waals surface area (Å²) in [5.41, 5.74) is 2.46. The van der Waals surface area contributed by atoms with Crippen molar-refractivity contribution in [2.45, 2.75) is 55.7 Å². The molecule has 0 fully saturated rings. The molecule has 22 heavy (non-hydrogen) atoms. The topological polar surface area (TPSA) is 66.4 Å². The molecule has 120 valence electrons. The van der Waals surface area contributed by atoms with Crippen LogP contribution in [0.15, 0.2) is 21.5 Å². The summed E-state index contributed by atoms with van der Waals surface area (Å²) in [7, 11) is 0. The molecular formula is C16H20BrNO3S. The number of halogens is 1. The summed E-state index contributed by atoms with van der Waals surface area (Å²) < 4.78 is 0.0403. The Morgan fingerprint density at radius 1 is 1.36 bits per heavy atom. The predicted molar refractivity (Wildman–Crippen MR) is 91.3 cm³/mol. The Balaban J connectivity index is 2.22. The van der Waals surface area contributed by atoms with E-state index in [9.17, 15) is 14.7 Å². The monoisotopic (exact) mass is 385 g/mol. The van der Waals surface area contributed by atoms with Crippen LogP contribution in [0.25, 0.3) is 0 Å². The molecule has 0 heterocycles. The molecular weight excluding hydrogens is 366 g/mol. The molecule has 1 aromatic rings. The molecule has 1 aliphatic rings. The molecule has 6 heteroatoms. The largest absolute Gasteiger partial charge is 0.480 e. The summed E-state index contributed by atoms with van der Waals surface area (Å²) in [6.45, 7) is 4.95. The SMILES string of the molecule is CC(=O)NC1CCc2cc(SC(C)(C)C(=O)O)c(Br)cc2C1. The highest BCUT2D eigenvalue weighted by atomic mass is 79.9. The zero-order valence-electron chi connectivity index (χ0n) is 12.9. The van der Waals surface area contributed by atoms with E-state index >= 15 is 0 Å². The van der Waals surface area contributed by atoms with Gasteiger partial charge in [0.1, 0.15) is 4.75 Å². The normalized spacial score (nSPS) is 17.7. The van der Waals surface area contributed by atoms with Crippen LogP contribution in [0.3, 0.4) is 0 Å². The maximum atomic E-state index is 11.3. The maximum absolute atomic E-state index is 11.3. The molecule has 1 aromatic carbocycles. The molecule has 0 saturated heterocycles. The molecule has 2 N–H and O–H groups in total. The number of benzene rings is 1. The van der Waals surface area contributed by atoms with Gasteiger partial charge in [0, 0.05) is 22.3 Å². The second-order valence-corrected chi connectivity index (χ2v) is 8.63. The number of aryl methyl sites for hydroxylation is 1. The quantitative estimate of drug-likeness (QED) is 0.779. The molecule has 0 bridgehead atoms. The zero-order chi connectivity index (χ0) is 16.5. The summed E-state index contributed by atoms with van der Waals surface area (Å²) in [5, 5.41) is 12.2. The van der Waals surface area contributed by atoms with E-state index in [2.05, 4.69) is 33.4 Å². The highest BCUT2D eigenvalue weighted by Crippen LogP contribution is 2.39. The number of hydrogen-bond donors (Lipinski definition) is 2. The van der Waals surface area contributed by atoms with Crippen LogP contribution in [-0.2, 0) is 22.4 Å².